The number of hydrogen-bond donors (Lipinski definition) is 3. The molecule has 0 aliphatic heterocycles. The predicted octanol–water partition coefficient (Wildman–Crippen LogP) is 5.04. The summed E-state index contributed by atoms with van der Waals surface area (Å²) in [6, 6.07) is 5.89. The van der Waals surface area contributed by atoms with E-state index < -0.39 is 0 Å². The predicted molar refractivity (Wildman–Crippen MR) is 133 cm³/mol. The van der Waals surface area contributed by atoms with E-state index in [0.29, 0.717) is 16.5 Å². The topological polar surface area (TPSA) is 67.2 Å². The number of fused-ring (bicyclic) bond motifs is 1. The van der Waals surface area contributed by atoms with Gasteiger partial charge in [0.05, 0.1) is 10.6 Å². The number of nitrogens with two attached hydrogens (primary N) is 1. The monoisotopic (exact) mass is 459 g/mol. The average Bonchev–Trinajstić information content (AvgIpc) is 2.95. The van der Waals surface area contributed by atoms with Crippen molar-refractivity contribution in [1.82, 2.24) is 10.6 Å². The van der Waals surface area contributed by atoms with Gasteiger partial charge in [-0.1, -0.05) is 24.6 Å². The van der Waals surface area contributed by atoms with Crippen LogP contribution in [0.4, 0.5) is 0 Å². The number of nitrogens with one attached hydrogen (secondary N) is 2. The van der Waals surface area contributed by atoms with Crippen molar-refractivity contribution in [2.45, 2.75) is 71.3 Å². The zero-order valence-corrected chi connectivity index (χ0v) is 20.9. The zero-order valence-electron chi connectivity index (χ0n) is 20.1. The van der Waals surface area contributed by atoms with Crippen molar-refractivity contribution >= 4 is 17.5 Å². The SMILES string of the molecule is CC1C2CC3CC(CNC(=O)c4cc(CCCNCC(C)(C)N)ccc4Cl)C(C2)CC1C3. The number of rotatable bonds is 9. The molecule has 1 aromatic rings. The third kappa shape index (κ3) is 5.87. The van der Waals surface area contributed by atoms with Gasteiger partial charge in [0.2, 0.25) is 0 Å². The smallest absolute Gasteiger partial charge is 0.252 e. The van der Waals surface area contributed by atoms with Crippen LogP contribution in [0.15, 0.2) is 18.2 Å². The molecule has 4 fully saturated rings. The maximum Gasteiger partial charge on any atom is 0.252 e. The van der Waals surface area contributed by atoms with Crippen LogP contribution in [-0.4, -0.2) is 31.1 Å². The molecular formula is C27H42ClN3O. The number of carbonyl (C=O) groups excluding carboxylic acids is 1. The number of halogens is 1. The van der Waals surface area contributed by atoms with Gasteiger partial charge in [-0.15, -0.1) is 0 Å². The molecule has 0 heterocycles. The number of benzene rings is 1. The minimum absolute atomic E-state index is 0.0165. The van der Waals surface area contributed by atoms with Crippen LogP contribution >= 0.6 is 11.6 Å². The van der Waals surface area contributed by atoms with E-state index >= 15 is 0 Å². The Hall–Kier alpha value is -1.10. The Morgan fingerprint density at radius 2 is 1.84 bits per heavy atom. The summed E-state index contributed by atoms with van der Waals surface area (Å²) in [4.78, 5) is 13.0. The first kappa shape index (κ1) is 24.0. The number of hydrogen-bond acceptors (Lipinski definition) is 3. The maximum atomic E-state index is 13.0. The lowest BCUT2D eigenvalue weighted by Crippen LogP contribution is -2.43. The first-order chi connectivity index (χ1) is 15.2. The Labute approximate surface area is 199 Å². The summed E-state index contributed by atoms with van der Waals surface area (Å²) in [6.07, 6.45) is 8.81. The Balaban J connectivity index is 1.29. The van der Waals surface area contributed by atoms with Crippen molar-refractivity contribution in [3.05, 3.63) is 34.3 Å². The van der Waals surface area contributed by atoms with E-state index in [4.69, 9.17) is 17.3 Å². The second-order valence-corrected chi connectivity index (χ2v) is 12.1. The molecule has 4 aliphatic carbocycles. The summed E-state index contributed by atoms with van der Waals surface area (Å²) >= 11 is 6.42. The van der Waals surface area contributed by atoms with E-state index in [1.54, 1.807) is 0 Å². The van der Waals surface area contributed by atoms with E-state index in [0.717, 1.165) is 67.6 Å². The van der Waals surface area contributed by atoms with Crippen molar-refractivity contribution in [2.75, 3.05) is 19.6 Å². The minimum atomic E-state index is -0.194. The first-order valence-electron chi connectivity index (χ1n) is 12.8. The highest BCUT2D eigenvalue weighted by Gasteiger charge is 2.47. The molecule has 1 aromatic carbocycles. The summed E-state index contributed by atoms with van der Waals surface area (Å²) in [5.74, 6) is 5.05. The van der Waals surface area contributed by atoms with E-state index in [9.17, 15) is 4.79 Å². The Morgan fingerprint density at radius 3 is 2.53 bits per heavy atom. The van der Waals surface area contributed by atoms with Crippen LogP contribution in [0.5, 0.6) is 0 Å². The van der Waals surface area contributed by atoms with Gasteiger partial charge in [0.15, 0.2) is 0 Å². The maximum absolute atomic E-state index is 13.0. The number of aryl methyl sites for hydroxylation is 1. The molecule has 4 N–H and O–H groups in total. The van der Waals surface area contributed by atoms with Gasteiger partial charge in [-0.05, 0) is 119 Å². The molecule has 0 radical (unpaired) electrons. The van der Waals surface area contributed by atoms with Gasteiger partial charge in [-0.3, -0.25) is 4.79 Å². The first-order valence-corrected chi connectivity index (χ1v) is 13.1. The summed E-state index contributed by atoms with van der Waals surface area (Å²) in [6.45, 7) is 9.03. The fourth-order valence-corrected chi connectivity index (χ4v) is 6.96. The zero-order chi connectivity index (χ0) is 22.9. The van der Waals surface area contributed by atoms with E-state index in [-0.39, 0.29) is 11.4 Å². The summed E-state index contributed by atoms with van der Waals surface area (Å²) in [7, 11) is 0. The molecule has 32 heavy (non-hydrogen) atoms. The molecule has 3 unspecified atom stereocenters. The summed E-state index contributed by atoms with van der Waals surface area (Å²) in [5.41, 5.74) is 7.60. The second-order valence-electron chi connectivity index (χ2n) is 11.7. The fraction of sp³-hybridized carbons (Fsp3) is 0.741. The normalized spacial score (nSPS) is 31.5. The van der Waals surface area contributed by atoms with Crippen LogP contribution in [0.2, 0.25) is 5.02 Å². The lowest BCUT2D eigenvalue weighted by molar-refractivity contribution is 0.0573. The van der Waals surface area contributed by atoms with Gasteiger partial charge in [-0.25, -0.2) is 0 Å². The fourth-order valence-electron chi connectivity index (χ4n) is 6.76. The molecule has 5 rings (SSSR count). The second kappa shape index (κ2) is 10.0. The molecule has 4 aliphatic rings. The Bertz CT molecular complexity index is 789. The quantitative estimate of drug-likeness (QED) is 0.453. The van der Waals surface area contributed by atoms with E-state index in [2.05, 4.69) is 17.6 Å². The van der Waals surface area contributed by atoms with E-state index in [1.807, 2.05) is 32.0 Å². The van der Waals surface area contributed by atoms with Crippen molar-refractivity contribution < 1.29 is 4.79 Å². The van der Waals surface area contributed by atoms with Gasteiger partial charge >= 0.3 is 0 Å². The van der Waals surface area contributed by atoms with Crippen LogP contribution in [0.1, 0.15) is 75.2 Å². The van der Waals surface area contributed by atoms with Crippen molar-refractivity contribution in [2.24, 2.45) is 41.2 Å². The Morgan fingerprint density at radius 1 is 1.12 bits per heavy atom. The molecule has 1 amide bonds. The number of amides is 1. The van der Waals surface area contributed by atoms with Gasteiger partial charge in [0.1, 0.15) is 0 Å². The third-order valence-corrected chi connectivity index (χ3v) is 8.80. The average molecular weight is 460 g/mol. The van der Waals surface area contributed by atoms with Gasteiger partial charge in [-0.2, -0.15) is 0 Å². The van der Waals surface area contributed by atoms with Crippen LogP contribution in [-0.2, 0) is 6.42 Å². The lowest BCUT2D eigenvalue weighted by atomic mass is 9.61. The molecule has 4 bridgehead atoms. The van der Waals surface area contributed by atoms with Gasteiger partial charge in [0, 0.05) is 18.6 Å². The summed E-state index contributed by atoms with van der Waals surface area (Å²) < 4.78 is 0. The van der Waals surface area contributed by atoms with E-state index in [1.165, 1.54) is 32.1 Å². The molecule has 0 aromatic heterocycles. The largest absolute Gasteiger partial charge is 0.352 e. The third-order valence-electron chi connectivity index (χ3n) is 8.47. The lowest BCUT2D eigenvalue weighted by Gasteiger charge is -2.44. The molecule has 5 heteroatoms. The van der Waals surface area contributed by atoms with Gasteiger partial charge in [0.25, 0.3) is 5.91 Å². The number of carbonyl (C=O) groups is 1. The highest BCUT2D eigenvalue weighted by Crippen LogP contribution is 2.55. The Kier molecular flexibility index (Phi) is 7.53. The molecule has 3 atom stereocenters. The van der Waals surface area contributed by atoms with Crippen LogP contribution in [0.3, 0.4) is 0 Å². The van der Waals surface area contributed by atoms with Crippen molar-refractivity contribution in [3.8, 4) is 0 Å². The highest BCUT2D eigenvalue weighted by molar-refractivity contribution is 6.33. The summed E-state index contributed by atoms with van der Waals surface area (Å²) in [5, 5.41) is 7.21. The molecule has 4 nitrogen and oxygen atoms in total. The molecule has 0 saturated heterocycles. The van der Waals surface area contributed by atoms with Crippen LogP contribution in [0.25, 0.3) is 0 Å². The molecule has 0 spiro atoms. The van der Waals surface area contributed by atoms with Crippen LogP contribution in [0, 0.1) is 35.5 Å². The standard InChI is InChI=1S/C27H42ClN3O/c1-17-20-9-19-10-21(17)14-22(13-20)23(11-19)15-31-26(32)24-12-18(6-7-25(24)28)5-4-8-30-16-27(2,3)29/h6-7,12,17,19-23,30H,4-5,8-11,13-16,29H2,1-3H3,(H,31,32). The minimum Gasteiger partial charge on any atom is -0.352 e. The van der Waals surface area contributed by atoms with Crippen molar-refractivity contribution in [1.29, 1.82) is 0 Å². The van der Waals surface area contributed by atoms with Crippen molar-refractivity contribution in [3.63, 3.8) is 0 Å². The molecule has 178 valence electrons. The van der Waals surface area contributed by atoms with Crippen LogP contribution < -0.4 is 16.4 Å². The molecular weight excluding hydrogens is 418 g/mol. The highest BCUT2D eigenvalue weighted by atomic mass is 35.5. The molecule has 4 saturated carbocycles. The van der Waals surface area contributed by atoms with Gasteiger partial charge < -0.3 is 16.4 Å².